The van der Waals surface area contributed by atoms with Crippen molar-refractivity contribution in [2.24, 2.45) is 0 Å². The Labute approximate surface area is 137 Å². The number of rotatable bonds is 4. The molecule has 1 aliphatic heterocycles. The molecule has 1 atom stereocenters. The monoisotopic (exact) mass is 326 g/mol. The highest BCUT2D eigenvalue weighted by Crippen LogP contribution is 2.28. The quantitative estimate of drug-likeness (QED) is 0.525. The van der Waals surface area contributed by atoms with E-state index in [1.54, 1.807) is 31.3 Å². The molecule has 1 aliphatic rings. The number of carbonyl (C=O) groups is 2. The molecule has 1 N–H and O–H groups in total. The van der Waals surface area contributed by atoms with Crippen LogP contribution in [0.2, 0.25) is 0 Å². The van der Waals surface area contributed by atoms with Gasteiger partial charge >= 0.3 is 6.03 Å². The van der Waals surface area contributed by atoms with E-state index >= 15 is 0 Å². The third-order valence-corrected chi connectivity index (χ3v) is 3.94. The molecule has 8 heteroatoms. The normalized spacial score (nSPS) is 20.1. The SMILES string of the molecule is C[C@@]1(c2ccccn2)NC(=O)N(Cc2ccc([N+](=O)[O-])cc2)C1=O. The summed E-state index contributed by atoms with van der Waals surface area (Å²) in [6.07, 6.45) is 1.55. The second-order valence-corrected chi connectivity index (χ2v) is 5.58. The zero-order valence-corrected chi connectivity index (χ0v) is 12.8. The van der Waals surface area contributed by atoms with Crippen molar-refractivity contribution >= 4 is 17.6 Å². The van der Waals surface area contributed by atoms with Crippen LogP contribution in [-0.2, 0) is 16.9 Å². The molecule has 0 spiro atoms. The number of amides is 3. The van der Waals surface area contributed by atoms with Gasteiger partial charge in [0.25, 0.3) is 11.6 Å². The summed E-state index contributed by atoms with van der Waals surface area (Å²) >= 11 is 0. The number of nitrogens with zero attached hydrogens (tertiary/aromatic N) is 3. The first-order chi connectivity index (χ1) is 11.4. The minimum atomic E-state index is -1.22. The highest BCUT2D eigenvalue weighted by Gasteiger charge is 2.49. The van der Waals surface area contributed by atoms with E-state index in [2.05, 4.69) is 10.3 Å². The summed E-state index contributed by atoms with van der Waals surface area (Å²) in [6, 6.07) is 10.3. The molecule has 24 heavy (non-hydrogen) atoms. The fraction of sp³-hybridized carbons (Fsp3) is 0.188. The van der Waals surface area contributed by atoms with Crippen LogP contribution in [0.4, 0.5) is 10.5 Å². The Bertz CT molecular complexity index is 807. The van der Waals surface area contributed by atoms with E-state index in [0.29, 0.717) is 11.3 Å². The van der Waals surface area contributed by atoms with Crippen LogP contribution < -0.4 is 5.32 Å². The van der Waals surface area contributed by atoms with Gasteiger partial charge in [0.05, 0.1) is 17.2 Å². The molecule has 8 nitrogen and oxygen atoms in total. The summed E-state index contributed by atoms with van der Waals surface area (Å²) < 4.78 is 0. The van der Waals surface area contributed by atoms with Gasteiger partial charge in [-0.05, 0) is 24.6 Å². The lowest BCUT2D eigenvalue weighted by molar-refractivity contribution is -0.384. The highest BCUT2D eigenvalue weighted by molar-refractivity contribution is 6.06. The minimum absolute atomic E-state index is 0.0328. The lowest BCUT2D eigenvalue weighted by Crippen LogP contribution is -2.41. The van der Waals surface area contributed by atoms with Crippen molar-refractivity contribution in [1.29, 1.82) is 0 Å². The molecule has 2 aromatic rings. The van der Waals surface area contributed by atoms with E-state index in [1.165, 1.54) is 24.3 Å². The van der Waals surface area contributed by atoms with Gasteiger partial charge in [0.1, 0.15) is 0 Å². The molecule has 2 heterocycles. The number of nitro benzene ring substituents is 1. The van der Waals surface area contributed by atoms with E-state index in [0.717, 1.165) is 4.90 Å². The Balaban J connectivity index is 1.83. The summed E-state index contributed by atoms with van der Waals surface area (Å²) in [5.41, 5.74) is -0.197. The molecule has 122 valence electrons. The van der Waals surface area contributed by atoms with Crippen LogP contribution >= 0.6 is 0 Å². The molecule has 0 saturated carbocycles. The zero-order chi connectivity index (χ0) is 17.3. The smallest absolute Gasteiger partial charge is 0.318 e. The Kier molecular flexibility index (Phi) is 3.72. The van der Waals surface area contributed by atoms with Crippen molar-refractivity contribution in [2.75, 3.05) is 0 Å². The number of imide groups is 1. The van der Waals surface area contributed by atoms with Gasteiger partial charge in [0.2, 0.25) is 0 Å². The van der Waals surface area contributed by atoms with E-state index < -0.39 is 22.4 Å². The summed E-state index contributed by atoms with van der Waals surface area (Å²) in [5.74, 6) is -0.412. The number of benzene rings is 1. The second-order valence-electron chi connectivity index (χ2n) is 5.58. The van der Waals surface area contributed by atoms with Crippen molar-refractivity contribution in [3.05, 3.63) is 70.0 Å². The number of non-ortho nitro benzene ring substituents is 1. The van der Waals surface area contributed by atoms with E-state index in [-0.39, 0.29) is 12.2 Å². The fourth-order valence-corrected chi connectivity index (χ4v) is 2.58. The lowest BCUT2D eigenvalue weighted by atomic mass is 9.97. The maximum atomic E-state index is 12.7. The number of urea groups is 1. The van der Waals surface area contributed by atoms with Gasteiger partial charge in [-0.2, -0.15) is 0 Å². The van der Waals surface area contributed by atoms with Crippen molar-refractivity contribution in [1.82, 2.24) is 15.2 Å². The van der Waals surface area contributed by atoms with E-state index in [4.69, 9.17) is 0 Å². The molecule has 3 rings (SSSR count). The Hall–Kier alpha value is -3.29. The number of nitrogens with one attached hydrogen (secondary N) is 1. The van der Waals surface area contributed by atoms with Gasteiger partial charge in [-0.15, -0.1) is 0 Å². The van der Waals surface area contributed by atoms with Gasteiger partial charge in [-0.25, -0.2) is 4.79 Å². The fourth-order valence-electron chi connectivity index (χ4n) is 2.58. The van der Waals surface area contributed by atoms with Gasteiger partial charge < -0.3 is 5.32 Å². The molecule has 0 bridgehead atoms. The summed E-state index contributed by atoms with van der Waals surface area (Å²) in [7, 11) is 0. The van der Waals surface area contributed by atoms with Crippen molar-refractivity contribution in [3.8, 4) is 0 Å². The third kappa shape index (κ3) is 2.58. The topological polar surface area (TPSA) is 105 Å². The maximum absolute atomic E-state index is 12.7. The van der Waals surface area contributed by atoms with Crippen molar-refractivity contribution < 1.29 is 14.5 Å². The highest BCUT2D eigenvalue weighted by atomic mass is 16.6. The Morgan fingerprint density at radius 2 is 1.92 bits per heavy atom. The molecule has 0 unspecified atom stereocenters. The van der Waals surface area contributed by atoms with Gasteiger partial charge in [0.15, 0.2) is 5.54 Å². The first-order valence-corrected chi connectivity index (χ1v) is 7.21. The zero-order valence-electron chi connectivity index (χ0n) is 12.8. The number of pyridine rings is 1. The predicted octanol–water partition coefficient (Wildman–Crippen LogP) is 1.96. The average Bonchev–Trinajstić information content (AvgIpc) is 2.80. The van der Waals surface area contributed by atoms with Crippen molar-refractivity contribution in [3.63, 3.8) is 0 Å². The van der Waals surface area contributed by atoms with E-state index in [1.807, 2.05) is 0 Å². The Morgan fingerprint density at radius 3 is 2.50 bits per heavy atom. The van der Waals surface area contributed by atoms with Crippen LogP contribution in [0, 0.1) is 10.1 Å². The van der Waals surface area contributed by atoms with Crippen LogP contribution in [0.1, 0.15) is 18.2 Å². The molecule has 3 amide bonds. The second kappa shape index (κ2) is 5.73. The summed E-state index contributed by atoms with van der Waals surface area (Å²) in [4.78, 5) is 40.3. The molecular weight excluding hydrogens is 312 g/mol. The summed E-state index contributed by atoms with van der Waals surface area (Å²) in [5, 5.41) is 13.3. The predicted molar refractivity (Wildman–Crippen MR) is 83.8 cm³/mol. The van der Waals surface area contributed by atoms with Crippen molar-refractivity contribution in [2.45, 2.75) is 19.0 Å². The molecule has 1 aromatic heterocycles. The first-order valence-electron chi connectivity index (χ1n) is 7.21. The molecule has 1 aromatic carbocycles. The van der Waals surface area contributed by atoms with Crippen LogP contribution in [0.25, 0.3) is 0 Å². The van der Waals surface area contributed by atoms with Crippen LogP contribution in [-0.4, -0.2) is 26.7 Å². The van der Waals surface area contributed by atoms with Gasteiger partial charge in [0, 0.05) is 18.3 Å². The number of hydrogen-bond donors (Lipinski definition) is 1. The Morgan fingerprint density at radius 1 is 1.21 bits per heavy atom. The average molecular weight is 326 g/mol. The van der Waals surface area contributed by atoms with Crippen LogP contribution in [0.5, 0.6) is 0 Å². The van der Waals surface area contributed by atoms with Gasteiger partial charge in [-0.1, -0.05) is 18.2 Å². The molecule has 1 fully saturated rings. The number of carbonyl (C=O) groups excluding carboxylic acids is 2. The van der Waals surface area contributed by atoms with Gasteiger partial charge in [-0.3, -0.25) is 24.8 Å². The molecular formula is C16H14N4O4. The third-order valence-electron chi connectivity index (χ3n) is 3.94. The minimum Gasteiger partial charge on any atom is -0.318 e. The van der Waals surface area contributed by atoms with E-state index in [9.17, 15) is 19.7 Å². The molecule has 0 radical (unpaired) electrons. The molecule has 1 saturated heterocycles. The maximum Gasteiger partial charge on any atom is 0.325 e. The molecule has 0 aliphatic carbocycles. The number of nitro groups is 1. The van der Waals surface area contributed by atoms with Crippen LogP contribution in [0.3, 0.4) is 0 Å². The number of aromatic nitrogens is 1. The lowest BCUT2D eigenvalue weighted by Gasteiger charge is -2.20. The van der Waals surface area contributed by atoms with Crippen LogP contribution in [0.15, 0.2) is 48.7 Å². The first kappa shape index (κ1) is 15.6. The number of hydrogen-bond acceptors (Lipinski definition) is 5. The standard InChI is InChI=1S/C16H14N4O4/c1-16(13-4-2-3-9-17-13)14(21)19(15(22)18-16)10-11-5-7-12(8-6-11)20(23)24/h2-9H,10H2,1H3,(H,18,22)/t16-/m0/s1. The summed E-state index contributed by atoms with van der Waals surface area (Å²) in [6.45, 7) is 1.64. The largest absolute Gasteiger partial charge is 0.325 e.